The number of aliphatic hydroxyl groups is 1. The highest BCUT2D eigenvalue weighted by Gasteiger charge is 2.53. The van der Waals surface area contributed by atoms with E-state index in [2.05, 4.69) is 30.5 Å². The normalized spacial score (nSPS) is 20.3. The number of piperidine rings is 1. The standard InChI is InChI=1S/C37H48FN7O6S/c1-23-30(52-22-42-23)24-8-9-25(29(16-24)51-15-14-50-27-19-40-35(41-20-27)44-12-6-5-7-13-44)18-39-32(47)28-17-26(46)21-45(28)33(48)31(36(2,3)4)43-34(49)37(38)10-11-37/h8-9,16,19-20,22,26,28,31,46H,5-7,10-15,17-18,21H2,1-4H3,(H,39,47)(H,43,49)/t26-,28+,31-/m1/s1. The van der Waals surface area contributed by atoms with E-state index in [1.807, 2.05) is 25.1 Å². The average Bonchev–Trinajstić information content (AvgIpc) is 3.54. The second-order valence-corrected chi connectivity index (χ2v) is 15.8. The Labute approximate surface area is 307 Å². The van der Waals surface area contributed by atoms with Crippen LogP contribution in [0.3, 0.4) is 0 Å². The Bertz CT molecular complexity index is 1740. The maximum Gasteiger partial charge on any atom is 0.258 e. The monoisotopic (exact) mass is 737 g/mol. The number of aromatic nitrogens is 3. The number of amides is 3. The molecule has 3 fully saturated rings. The molecule has 2 saturated heterocycles. The number of nitrogens with zero attached hydrogens (tertiary/aromatic N) is 5. The molecule has 15 heteroatoms. The van der Waals surface area contributed by atoms with Gasteiger partial charge in [0, 0.05) is 38.2 Å². The Morgan fingerprint density at radius 2 is 1.79 bits per heavy atom. The molecule has 3 atom stereocenters. The van der Waals surface area contributed by atoms with Gasteiger partial charge in [0.05, 0.1) is 34.6 Å². The first-order chi connectivity index (χ1) is 24.8. The third kappa shape index (κ3) is 8.80. The molecule has 6 rings (SSSR count). The van der Waals surface area contributed by atoms with Gasteiger partial charge in [-0.3, -0.25) is 14.4 Å². The fourth-order valence-electron chi connectivity index (χ4n) is 6.53. The van der Waals surface area contributed by atoms with Crippen molar-refractivity contribution in [2.75, 3.05) is 37.7 Å². The number of benzene rings is 1. The zero-order valence-corrected chi connectivity index (χ0v) is 31.0. The number of alkyl halides is 1. The number of hydrogen-bond acceptors (Lipinski definition) is 11. The molecular formula is C37H48FN7O6S. The van der Waals surface area contributed by atoms with Crippen LogP contribution in [0.15, 0.2) is 36.1 Å². The first kappa shape index (κ1) is 37.4. The van der Waals surface area contributed by atoms with Gasteiger partial charge in [-0.25, -0.2) is 19.3 Å². The Hall–Kier alpha value is -4.37. The van der Waals surface area contributed by atoms with E-state index in [9.17, 15) is 23.9 Å². The summed E-state index contributed by atoms with van der Waals surface area (Å²) in [6.07, 6.45) is 6.17. The Balaban J connectivity index is 1.11. The number of halogens is 1. The summed E-state index contributed by atoms with van der Waals surface area (Å²) in [5.41, 5.74) is 1.55. The molecule has 3 aliphatic rings. The van der Waals surface area contributed by atoms with Crippen molar-refractivity contribution in [1.29, 1.82) is 0 Å². The van der Waals surface area contributed by atoms with Crippen molar-refractivity contribution < 1.29 is 33.4 Å². The molecule has 0 radical (unpaired) electrons. The molecule has 3 N–H and O–H groups in total. The molecule has 2 aliphatic heterocycles. The van der Waals surface area contributed by atoms with Gasteiger partial charge < -0.3 is 35.0 Å². The van der Waals surface area contributed by atoms with Crippen molar-refractivity contribution >= 4 is 35.0 Å². The van der Waals surface area contributed by atoms with Crippen molar-refractivity contribution in [2.24, 2.45) is 5.41 Å². The van der Waals surface area contributed by atoms with E-state index in [1.54, 1.807) is 38.7 Å². The number of ether oxygens (including phenoxy) is 2. The molecule has 0 unspecified atom stereocenters. The summed E-state index contributed by atoms with van der Waals surface area (Å²) < 4.78 is 26.6. The fourth-order valence-corrected chi connectivity index (χ4v) is 7.33. The minimum Gasteiger partial charge on any atom is -0.490 e. The van der Waals surface area contributed by atoms with Crippen LogP contribution in [0.1, 0.15) is 70.6 Å². The van der Waals surface area contributed by atoms with Crippen LogP contribution < -0.4 is 25.0 Å². The van der Waals surface area contributed by atoms with Crippen molar-refractivity contribution in [1.82, 2.24) is 30.5 Å². The minimum atomic E-state index is -1.96. The molecule has 3 amide bonds. The summed E-state index contributed by atoms with van der Waals surface area (Å²) in [6.45, 7) is 9.57. The number of thiazole rings is 1. The summed E-state index contributed by atoms with van der Waals surface area (Å²) in [5, 5.41) is 16.1. The Morgan fingerprint density at radius 1 is 1.08 bits per heavy atom. The first-order valence-corrected chi connectivity index (χ1v) is 18.8. The third-order valence-electron chi connectivity index (χ3n) is 9.74. The van der Waals surface area contributed by atoms with Crippen LogP contribution in [0, 0.1) is 12.3 Å². The third-order valence-corrected chi connectivity index (χ3v) is 10.7. The smallest absolute Gasteiger partial charge is 0.258 e. The van der Waals surface area contributed by atoms with Gasteiger partial charge in [0.2, 0.25) is 17.8 Å². The van der Waals surface area contributed by atoms with Gasteiger partial charge in [-0.1, -0.05) is 32.9 Å². The maximum atomic E-state index is 14.5. The number of rotatable bonds is 13. The second kappa shape index (κ2) is 15.7. The van der Waals surface area contributed by atoms with Crippen LogP contribution in [0.2, 0.25) is 0 Å². The summed E-state index contributed by atoms with van der Waals surface area (Å²) in [5.74, 6) is -0.0431. The quantitative estimate of drug-likeness (QED) is 0.219. The molecule has 0 bridgehead atoms. The summed E-state index contributed by atoms with van der Waals surface area (Å²) >= 11 is 1.52. The molecule has 1 aromatic carbocycles. The predicted octanol–water partition coefficient (Wildman–Crippen LogP) is 3.97. The molecule has 1 aliphatic carbocycles. The molecule has 4 heterocycles. The van der Waals surface area contributed by atoms with Crippen molar-refractivity contribution in [2.45, 2.75) is 96.6 Å². The zero-order chi connectivity index (χ0) is 37.0. The fraction of sp³-hybridized carbons (Fsp3) is 0.568. The molecule has 13 nitrogen and oxygen atoms in total. The highest BCUT2D eigenvalue weighted by Crippen LogP contribution is 2.40. The van der Waals surface area contributed by atoms with Crippen molar-refractivity contribution in [3.05, 3.63) is 47.4 Å². The van der Waals surface area contributed by atoms with E-state index >= 15 is 0 Å². The van der Waals surface area contributed by atoms with Crippen LogP contribution in [0.5, 0.6) is 11.5 Å². The molecule has 2 aromatic heterocycles. The van der Waals surface area contributed by atoms with Crippen LogP contribution in [0.4, 0.5) is 10.3 Å². The molecule has 3 aromatic rings. The van der Waals surface area contributed by atoms with Gasteiger partial charge in [-0.15, -0.1) is 11.3 Å². The maximum absolute atomic E-state index is 14.5. The van der Waals surface area contributed by atoms with Crippen molar-refractivity contribution in [3.63, 3.8) is 0 Å². The van der Waals surface area contributed by atoms with E-state index in [0.717, 1.165) is 42.1 Å². The van der Waals surface area contributed by atoms with Crippen LogP contribution in [-0.4, -0.2) is 99.4 Å². The average molecular weight is 738 g/mol. The number of aryl methyl sites for hydroxylation is 1. The molecule has 0 spiro atoms. The lowest BCUT2D eigenvalue weighted by molar-refractivity contribution is -0.145. The predicted molar refractivity (Wildman–Crippen MR) is 194 cm³/mol. The zero-order valence-electron chi connectivity index (χ0n) is 30.2. The molecular weight excluding hydrogens is 690 g/mol. The number of carbonyl (C=O) groups excluding carboxylic acids is 3. The highest BCUT2D eigenvalue weighted by atomic mass is 32.1. The first-order valence-electron chi connectivity index (χ1n) is 17.9. The van der Waals surface area contributed by atoms with Gasteiger partial charge in [0.1, 0.15) is 31.0 Å². The number of hydrogen-bond donors (Lipinski definition) is 3. The lowest BCUT2D eigenvalue weighted by Gasteiger charge is -2.35. The van der Waals surface area contributed by atoms with Crippen LogP contribution in [0.25, 0.3) is 10.4 Å². The second-order valence-electron chi connectivity index (χ2n) is 14.9. The van der Waals surface area contributed by atoms with Crippen molar-refractivity contribution in [3.8, 4) is 21.9 Å². The van der Waals surface area contributed by atoms with E-state index in [-0.39, 0.29) is 45.6 Å². The Kier molecular flexibility index (Phi) is 11.3. The SMILES string of the molecule is Cc1ncsc1-c1ccc(CNC(=O)[C@@H]2C[C@@H](O)CN2C(=O)[C@@H](NC(=O)C2(F)CC2)C(C)(C)C)c(OCCOc2cnc(N3CCCCC3)nc2)c1. The van der Waals surface area contributed by atoms with E-state index in [4.69, 9.17) is 9.47 Å². The number of carbonyl (C=O) groups is 3. The number of aliphatic hydroxyl groups excluding tert-OH is 1. The van der Waals surface area contributed by atoms with E-state index in [0.29, 0.717) is 23.0 Å². The van der Waals surface area contributed by atoms with Crippen LogP contribution in [-0.2, 0) is 20.9 Å². The molecule has 52 heavy (non-hydrogen) atoms. The highest BCUT2D eigenvalue weighted by molar-refractivity contribution is 7.13. The largest absolute Gasteiger partial charge is 0.490 e. The summed E-state index contributed by atoms with van der Waals surface area (Å²) in [6, 6.07) is 3.65. The lowest BCUT2D eigenvalue weighted by atomic mass is 9.85. The van der Waals surface area contributed by atoms with Gasteiger partial charge in [0.15, 0.2) is 11.4 Å². The number of anilines is 1. The number of β-amino-alcohol motifs (C(OH)–C–C–N with tert-alkyl or cyclic N) is 1. The van der Waals surface area contributed by atoms with Gasteiger partial charge in [-0.05, 0) is 56.1 Å². The van der Waals surface area contributed by atoms with Gasteiger partial charge in [0.25, 0.3) is 5.91 Å². The topological polar surface area (TPSA) is 159 Å². The minimum absolute atomic E-state index is 0.0302. The number of nitrogens with one attached hydrogen (secondary N) is 2. The number of likely N-dealkylation sites (tertiary alicyclic amines) is 1. The van der Waals surface area contributed by atoms with Gasteiger partial charge in [-0.2, -0.15) is 0 Å². The molecule has 1 saturated carbocycles. The lowest BCUT2D eigenvalue weighted by Crippen LogP contribution is -2.59. The van der Waals surface area contributed by atoms with E-state index in [1.165, 1.54) is 22.7 Å². The van der Waals surface area contributed by atoms with Crippen LogP contribution >= 0.6 is 11.3 Å². The van der Waals surface area contributed by atoms with Gasteiger partial charge >= 0.3 is 0 Å². The molecule has 280 valence electrons. The summed E-state index contributed by atoms with van der Waals surface area (Å²) in [7, 11) is 0. The summed E-state index contributed by atoms with van der Waals surface area (Å²) in [4.78, 5) is 57.9. The van der Waals surface area contributed by atoms with E-state index < -0.39 is 47.0 Å². The Morgan fingerprint density at radius 3 is 2.44 bits per heavy atom.